The number of hydrogen-bond acceptors (Lipinski definition) is 3. The van der Waals surface area contributed by atoms with Crippen molar-refractivity contribution in [2.45, 2.75) is 135 Å². The Morgan fingerprint density at radius 3 is 1.79 bits per heavy atom. The van der Waals surface area contributed by atoms with Crippen LogP contribution in [0.25, 0.3) is 0 Å². The Hall–Kier alpha value is -1.36. The first kappa shape index (κ1) is 31.6. The first-order chi connectivity index (χ1) is 16.0. The Balaban J connectivity index is 3.36. The number of aliphatic carboxylic acids is 1. The summed E-state index contributed by atoms with van der Waals surface area (Å²) < 4.78 is 0. The van der Waals surface area contributed by atoms with E-state index in [1.807, 2.05) is 0 Å². The van der Waals surface area contributed by atoms with Gasteiger partial charge >= 0.3 is 5.97 Å². The molecule has 5 heteroatoms. The average Bonchev–Trinajstić information content (AvgIpc) is 2.77. The number of hydrogen-bond donors (Lipinski definition) is 2. The standard InChI is InChI=1S/C28H54N2O3/c1-4-5-6-7-8-9-10-11-12-13-14-15-16-17-18-19-20-24-27(31)29-25-22-21-23-26(28(32)33)30(2)3/h12-13,26H,4-11,14-25H2,1-3H3,(H,29,31)(H,32,33)/b13-12+/t26-/m0/s1. The summed E-state index contributed by atoms with van der Waals surface area (Å²) in [5, 5.41) is 12.1. The minimum absolute atomic E-state index is 0.128. The minimum atomic E-state index is -0.778. The molecule has 0 heterocycles. The number of nitrogens with zero attached hydrogens (tertiary/aromatic N) is 1. The molecule has 0 aliphatic carbocycles. The lowest BCUT2D eigenvalue weighted by Crippen LogP contribution is -2.35. The van der Waals surface area contributed by atoms with E-state index in [-0.39, 0.29) is 5.91 Å². The monoisotopic (exact) mass is 466 g/mol. The van der Waals surface area contributed by atoms with Gasteiger partial charge in [0.05, 0.1) is 0 Å². The van der Waals surface area contributed by atoms with E-state index in [1.54, 1.807) is 19.0 Å². The quantitative estimate of drug-likeness (QED) is 0.117. The van der Waals surface area contributed by atoms with E-state index in [4.69, 9.17) is 5.11 Å². The summed E-state index contributed by atoms with van der Waals surface area (Å²) in [6.07, 6.45) is 26.9. The maximum Gasteiger partial charge on any atom is 0.320 e. The molecule has 5 nitrogen and oxygen atoms in total. The molecule has 0 saturated carbocycles. The van der Waals surface area contributed by atoms with Gasteiger partial charge in [-0.25, -0.2) is 0 Å². The van der Waals surface area contributed by atoms with Crippen molar-refractivity contribution in [1.82, 2.24) is 10.2 Å². The van der Waals surface area contributed by atoms with Gasteiger partial charge in [0.25, 0.3) is 0 Å². The molecule has 0 rings (SSSR count). The van der Waals surface area contributed by atoms with Crippen molar-refractivity contribution in [3.05, 3.63) is 12.2 Å². The largest absolute Gasteiger partial charge is 0.480 e. The first-order valence-electron chi connectivity index (χ1n) is 13.8. The van der Waals surface area contributed by atoms with Crippen molar-refractivity contribution >= 4 is 11.9 Å². The van der Waals surface area contributed by atoms with Gasteiger partial charge in [0.15, 0.2) is 0 Å². The Morgan fingerprint density at radius 1 is 0.758 bits per heavy atom. The molecule has 0 radical (unpaired) electrons. The molecule has 0 aliphatic rings. The number of likely N-dealkylation sites (N-methyl/N-ethyl adjacent to an activating group) is 1. The smallest absolute Gasteiger partial charge is 0.320 e. The predicted molar refractivity (Wildman–Crippen MR) is 141 cm³/mol. The summed E-state index contributed by atoms with van der Waals surface area (Å²) in [4.78, 5) is 24.8. The summed E-state index contributed by atoms with van der Waals surface area (Å²) in [6, 6.07) is -0.438. The van der Waals surface area contributed by atoms with Gasteiger partial charge in [-0.15, -0.1) is 0 Å². The van der Waals surface area contributed by atoms with Gasteiger partial charge in [-0.2, -0.15) is 0 Å². The molecule has 0 aromatic rings. The highest BCUT2D eigenvalue weighted by Gasteiger charge is 2.18. The number of rotatable bonds is 24. The first-order valence-corrected chi connectivity index (χ1v) is 13.8. The maximum atomic E-state index is 11.9. The summed E-state index contributed by atoms with van der Waals surface area (Å²) in [6.45, 7) is 2.91. The van der Waals surface area contributed by atoms with Gasteiger partial charge < -0.3 is 10.4 Å². The number of carbonyl (C=O) groups is 2. The number of carboxylic acids is 1. The zero-order valence-electron chi connectivity index (χ0n) is 22.1. The van der Waals surface area contributed by atoms with Crippen LogP contribution in [0.1, 0.15) is 129 Å². The Labute approximate surface area is 204 Å². The van der Waals surface area contributed by atoms with Gasteiger partial charge in [-0.3, -0.25) is 14.5 Å². The SMILES string of the molecule is CCCCCCCCC/C=C/CCCCCCCCC(=O)NCCCC[C@@H](C(=O)O)N(C)C. The van der Waals surface area contributed by atoms with Crippen LogP contribution in [0.5, 0.6) is 0 Å². The molecule has 0 aliphatic heterocycles. The number of amides is 1. The molecule has 2 N–H and O–H groups in total. The Morgan fingerprint density at radius 2 is 1.27 bits per heavy atom. The second-order valence-corrected chi connectivity index (χ2v) is 9.70. The third kappa shape index (κ3) is 22.2. The van der Waals surface area contributed by atoms with Crippen molar-refractivity contribution in [1.29, 1.82) is 0 Å². The fraction of sp³-hybridized carbons (Fsp3) is 0.857. The number of carboxylic acid groups (broad SMARTS) is 1. The fourth-order valence-electron chi connectivity index (χ4n) is 4.09. The highest BCUT2D eigenvalue weighted by atomic mass is 16.4. The summed E-state index contributed by atoms with van der Waals surface area (Å²) in [5.74, 6) is -0.650. The van der Waals surface area contributed by atoms with Crippen LogP contribution in [0.15, 0.2) is 12.2 Å². The number of nitrogens with one attached hydrogen (secondary N) is 1. The van der Waals surface area contributed by atoms with Gasteiger partial charge in [0.2, 0.25) is 5.91 Å². The molecule has 33 heavy (non-hydrogen) atoms. The second-order valence-electron chi connectivity index (χ2n) is 9.70. The average molecular weight is 467 g/mol. The van der Waals surface area contributed by atoms with E-state index in [2.05, 4.69) is 24.4 Å². The zero-order chi connectivity index (χ0) is 24.6. The third-order valence-electron chi connectivity index (χ3n) is 6.30. The van der Waals surface area contributed by atoms with Crippen LogP contribution in [0.3, 0.4) is 0 Å². The molecular weight excluding hydrogens is 412 g/mol. The highest BCUT2D eigenvalue weighted by molar-refractivity contribution is 5.75. The molecule has 0 spiro atoms. The van der Waals surface area contributed by atoms with Gasteiger partial charge in [0.1, 0.15) is 6.04 Å². The third-order valence-corrected chi connectivity index (χ3v) is 6.30. The summed E-state index contributed by atoms with van der Waals surface area (Å²) in [7, 11) is 3.58. The Kier molecular flexibility index (Phi) is 22.8. The van der Waals surface area contributed by atoms with Crippen molar-refractivity contribution in [3.63, 3.8) is 0 Å². The van der Waals surface area contributed by atoms with E-state index in [0.717, 1.165) is 25.7 Å². The summed E-state index contributed by atoms with van der Waals surface area (Å²) in [5.41, 5.74) is 0. The molecule has 0 saturated heterocycles. The second kappa shape index (κ2) is 23.8. The van der Waals surface area contributed by atoms with Crippen molar-refractivity contribution in [2.75, 3.05) is 20.6 Å². The number of unbranched alkanes of at least 4 members (excludes halogenated alkanes) is 14. The molecule has 0 bridgehead atoms. The number of allylic oxidation sites excluding steroid dienone is 2. The zero-order valence-corrected chi connectivity index (χ0v) is 22.1. The van der Waals surface area contributed by atoms with Crippen LogP contribution < -0.4 is 5.32 Å². The number of carbonyl (C=O) groups excluding carboxylic acids is 1. The normalized spacial score (nSPS) is 12.5. The minimum Gasteiger partial charge on any atom is -0.480 e. The van der Waals surface area contributed by atoms with Gasteiger partial charge in [-0.05, 0) is 65.5 Å². The van der Waals surface area contributed by atoms with Crippen LogP contribution in [0.4, 0.5) is 0 Å². The van der Waals surface area contributed by atoms with E-state index in [1.165, 1.54) is 83.5 Å². The van der Waals surface area contributed by atoms with E-state index >= 15 is 0 Å². The lowest BCUT2D eigenvalue weighted by molar-refractivity contribution is -0.142. The Bertz CT molecular complexity index is 492. The molecule has 1 atom stereocenters. The van der Waals surface area contributed by atoms with Crippen LogP contribution in [-0.2, 0) is 9.59 Å². The lowest BCUT2D eigenvalue weighted by atomic mass is 10.1. The van der Waals surface area contributed by atoms with Crippen molar-refractivity contribution in [3.8, 4) is 0 Å². The molecule has 0 unspecified atom stereocenters. The van der Waals surface area contributed by atoms with E-state index in [0.29, 0.717) is 19.4 Å². The van der Waals surface area contributed by atoms with Crippen LogP contribution >= 0.6 is 0 Å². The van der Waals surface area contributed by atoms with Crippen molar-refractivity contribution < 1.29 is 14.7 Å². The van der Waals surface area contributed by atoms with Gasteiger partial charge in [-0.1, -0.05) is 83.3 Å². The van der Waals surface area contributed by atoms with E-state index < -0.39 is 12.0 Å². The lowest BCUT2D eigenvalue weighted by Gasteiger charge is -2.19. The topological polar surface area (TPSA) is 69.6 Å². The molecule has 0 aromatic heterocycles. The van der Waals surface area contributed by atoms with Crippen LogP contribution in [0, 0.1) is 0 Å². The predicted octanol–water partition coefficient (Wildman–Crippen LogP) is 7.11. The molecule has 194 valence electrons. The highest BCUT2D eigenvalue weighted by Crippen LogP contribution is 2.11. The van der Waals surface area contributed by atoms with E-state index in [9.17, 15) is 9.59 Å². The summed E-state index contributed by atoms with van der Waals surface area (Å²) >= 11 is 0. The molecule has 0 aromatic carbocycles. The molecule has 1 amide bonds. The van der Waals surface area contributed by atoms with Gasteiger partial charge in [0, 0.05) is 13.0 Å². The van der Waals surface area contributed by atoms with Crippen molar-refractivity contribution in [2.24, 2.45) is 0 Å². The molecule has 0 fully saturated rings. The fourth-order valence-corrected chi connectivity index (χ4v) is 4.09. The van der Waals surface area contributed by atoms with Crippen LogP contribution in [0.2, 0.25) is 0 Å². The molecular formula is C28H54N2O3. The van der Waals surface area contributed by atoms with Crippen LogP contribution in [-0.4, -0.2) is 48.6 Å². The maximum absolute atomic E-state index is 11.9.